The minimum absolute atomic E-state index is 0.103. The summed E-state index contributed by atoms with van der Waals surface area (Å²) in [4.78, 5) is 26.0. The number of rotatable bonds is 6. The van der Waals surface area contributed by atoms with E-state index in [-0.39, 0.29) is 12.5 Å². The van der Waals surface area contributed by atoms with Gasteiger partial charge in [0.15, 0.2) is 6.61 Å². The first-order chi connectivity index (χ1) is 14.6. The molecule has 0 radical (unpaired) electrons. The van der Waals surface area contributed by atoms with Gasteiger partial charge in [-0.15, -0.1) is 0 Å². The van der Waals surface area contributed by atoms with Crippen molar-refractivity contribution < 1.29 is 19.1 Å². The zero-order valence-corrected chi connectivity index (χ0v) is 16.4. The quantitative estimate of drug-likeness (QED) is 0.658. The lowest BCUT2D eigenvalue weighted by Crippen LogP contribution is -2.43. The van der Waals surface area contributed by atoms with E-state index in [1.807, 2.05) is 54.6 Å². The molecular formula is C23H21N3O4. The summed E-state index contributed by atoms with van der Waals surface area (Å²) >= 11 is 0. The number of ether oxygens (including phenoxy) is 2. The van der Waals surface area contributed by atoms with Crippen LogP contribution in [-0.2, 0) is 4.79 Å². The maximum Gasteiger partial charge on any atom is 0.262 e. The summed E-state index contributed by atoms with van der Waals surface area (Å²) in [5, 5.41) is 3.45. The standard InChI is InChI=1S/C23H21N3O4/c1-29-17-12-8-16(9-13-17)26-22(25-20-5-3-2-4-19(20)23(26)28)15-6-10-18(11-7-15)30-14-21(24)27/h2-13,22,25H,14H2,1H3,(H2,24,27). The number of primary amides is 1. The second-order valence-corrected chi connectivity index (χ2v) is 6.79. The molecule has 0 saturated heterocycles. The molecule has 0 aromatic heterocycles. The highest BCUT2D eigenvalue weighted by Crippen LogP contribution is 2.37. The van der Waals surface area contributed by atoms with Crippen LogP contribution in [0.4, 0.5) is 11.4 Å². The third kappa shape index (κ3) is 3.77. The molecule has 0 aliphatic carbocycles. The first-order valence-electron chi connectivity index (χ1n) is 9.41. The molecule has 0 fully saturated rings. The van der Waals surface area contributed by atoms with E-state index in [4.69, 9.17) is 15.2 Å². The molecule has 1 unspecified atom stereocenters. The topological polar surface area (TPSA) is 93.9 Å². The fraction of sp³-hybridized carbons (Fsp3) is 0.130. The highest BCUT2D eigenvalue weighted by molar-refractivity contribution is 6.12. The largest absolute Gasteiger partial charge is 0.497 e. The van der Waals surface area contributed by atoms with Crippen molar-refractivity contribution in [1.29, 1.82) is 0 Å². The third-order valence-electron chi connectivity index (χ3n) is 4.85. The Hall–Kier alpha value is -4.00. The van der Waals surface area contributed by atoms with Gasteiger partial charge in [-0.2, -0.15) is 0 Å². The number of hydrogen-bond acceptors (Lipinski definition) is 5. The highest BCUT2D eigenvalue weighted by Gasteiger charge is 2.34. The van der Waals surface area contributed by atoms with Crippen LogP contribution in [0.1, 0.15) is 22.1 Å². The van der Waals surface area contributed by atoms with Crippen molar-refractivity contribution in [3.63, 3.8) is 0 Å². The number of para-hydroxylation sites is 1. The van der Waals surface area contributed by atoms with Crippen LogP contribution in [0.3, 0.4) is 0 Å². The predicted octanol–water partition coefficient (Wildman–Crippen LogP) is 3.33. The molecular weight excluding hydrogens is 382 g/mol. The fourth-order valence-electron chi connectivity index (χ4n) is 3.40. The molecule has 1 aliphatic heterocycles. The van der Waals surface area contributed by atoms with Crippen molar-refractivity contribution >= 4 is 23.2 Å². The number of nitrogens with two attached hydrogens (primary N) is 1. The molecule has 30 heavy (non-hydrogen) atoms. The number of nitrogens with one attached hydrogen (secondary N) is 1. The summed E-state index contributed by atoms with van der Waals surface area (Å²) in [5.41, 5.74) is 8.10. The second kappa shape index (κ2) is 8.16. The van der Waals surface area contributed by atoms with Gasteiger partial charge in [0.25, 0.3) is 11.8 Å². The summed E-state index contributed by atoms with van der Waals surface area (Å²) in [7, 11) is 1.60. The number of fused-ring (bicyclic) bond motifs is 1. The Bertz CT molecular complexity index is 1060. The number of methoxy groups -OCH3 is 1. The van der Waals surface area contributed by atoms with Crippen LogP contribution in [0.15, 0.2) is 72.8 Å². The van der Waals surface area contributed by atoms with Gasteiger partial charge in [-0.3, -0.25) is 14.5 Å². The van der Waals surface area contributed by atoms with E-state index in [1.54, 1.807) is 30.2 Å². The average molecular weight is 403 g/mol. The van der Waals surface area contributed by atoms with Gasteiger partial charge in [0, 0.05) is 11.4 Å². The van der Waals surface area contributed by atoms with Crippen LogP contribution in [0.2, 0.25) is 0 Å². The Morgan fingerprint density at radius 2 is 1.67 bits per heavy atom. The fourth-order valence-corrected chi connectivity index (χ4v) is 3.40. The SMILES string of the molecule is COc1ccc(N2C(=O)c3ccccc3NC2c2ccc(OCC(N)=O)cc2)cc1. The van der Waals surface area contributed by atoms with E-state index < -0.39 is 12.1 Å². The molecule has 1 atom stereocenters. The Morgan fingerprint density at radius 3 is 2.33 bits per heavy atom. The number of hydrogen-bond donors (Lipinski definition) is 2. The molecule has 0 spiro atoms. The molecule has 152 valence electrons. The van der Waals surface area contributed by atoms with Crippen molar-refractivity contribution in [3.8, 4) is 11.5 Å². The molecule has 7 heteroatoms. The summed E-state index contributed by atoms with van der Waals surface area (Å²) in [5.74, 6) is 0.592. The Labute approximate surface area is 174 Å². The van der Waals surface area contributed by atoms with E-state index in [0.717, 1.165) is 16.9 Å². The van der Waals surface area contributed by atoms with E-state index in [2.05, 4.69) is 5.32 Å². The number of carbonyl (C=O) groups is 2. The van der Waals surface area contributed by atoms with Gasteiger partial charge in [0.1, 0.15) is 17.7 Å². The minimum atomic E-state index is -0.541. The van der Waals surface area contributed by atoms with Gasteiger partial charge >= 0.3 is 0 Å². The van der Waals surface area contributed by atoms with Gasteiger partial charge in [0.05, 0.1) is 12.7 Å². The van der Waals surface area contributed by atoms with Crippen molar-refractivity contribution in [1.82, 2.24) is 0 Å². The van der Waals surface area contributed by atoms with E-state index in [0.29, 0.717) is 17.1 Å². The molecule has 1 aliphatic rings. The molecule has 3 aromatic carbocycles. The molecule has 1 heterocycles. The number of amides is 2. The van der Waals surface area contributed by atoms with Crippen LogP contribution < -0.4 is 25.4 Å². The molecule has 4 rings (SSSR count). The van der Waals surface area contributed by atoms with Gasteiger partial charge in [0.2, 0.25) is 0 Å². The lowest BCUT2D eigenvalue weighted by atomic mass is 10.0. The molecule has 0 bridgehead atoms. The van der Waals surface area contributed by atoms with Crippen molar-refractivity contribution in [2.45, 2.75) is 6.17 Å². The van der Waals surface area contributed by atoms with Crippen molar-refractivity contribution in [2.75, 3.05) is 23.9 Å². The molecule has 3 N–H and O–H groups in total. The number of nitrogens with zero attached hydrogens (tertiary/aromatic N) is 1. The summed E-state index contributed by atoms with van der Waals surface area (Å²) in [6, 6.07) is 22.0. The van der Waals surface area contributed by atoms with Crippen LogP contribution in [0.5, 0.6) is 11.5 Å². The Balaban J connectivity index is 1.71. The lowest BCUT2D eigenvalue weighted by molar-refractivity contribution is -0.119. The maximum absolute atomic E-state index is 13.4. The second-order valence-electron chi connectivity index (χ2n) is 6.79. The summed E-state index contributed by atoms with van der Waals surface area (Å²) in [6.07, 6.45) is -0.425. The zero-order chi connectivity index (χ0) is 21.1. The minimum Gasteiger partial charge on any atom is -0.497 e. The average Bonchev–Trinajstić information content (AvgIpc) is 2.78. The third-order valence-corrected chi connectivity index (χ3v) is 4.85. The van der Waals surface area contributed by atoms with E-state index >= 15 is 0 Å². The number of benzene rings is 3. The van der Waals surface area contributed by atoms with Crippen LogP contribution in [-0.4, -0.2) is 25.5 Å². The number of carbonyl (C=O) groups excluding carboxylic acids is 2. The highest BCUT2D eigenvalue weighted by atomic mass is 16.5. The van der Waals surface area contributed by atoms with Crippen molar-refractivity contribution in [2.24, 2.45) is 5.73 Å². The monoisotopic (exact) mass is 403 g/mol. The zero-order valence-electron chi connectivity index (χ0n) is 16.4. The Kier molecular flexibility index (Phi) is 5.26. The molecule has 3 aromatic rings. The predicted molar refractivity (Wildman–Crippen MR) is 114 cm³/mol. The maximum atomic E-state index is 13.4. The number of anilines is 2. The first-order valence-corrected chi connectivity index (χ1v) is 9.41. The normalized spacial score (nSPS) is 15.2. The van der Waals surface area contributed by atoms with Gasteiger partial charge in [-0.05, 0) is 54.1 Å². The lowest BCUT2D eigenvalue weighted by Gasteiger charge is -2.38. The molecule has 7 nitrogen and oxygen atoms in total. The van der Waals surface area contributed by atoms with Crippen molar-refractivity contribution in [3.05, 3.63) is 83.9 Å². The Morgan fingerprint density at radius 1 is 1.00 bits per heavy atom. The van der Waals surface area contributed by atoms with Gasteiger partial charge < -0.3 is 20.5 Å². The molecule has 0 saturated carbocycles. The summed E-state index contributed by atoms with van der Waals surface area (Å²) in [6.45, 7) is -0.190. The van der Waals surface area contributed by atoms with E-state index in [1.165, 1.54) is 0 Å². The van der Waals surface area contributed by atoms with Gasteiger partial charge in [-0.25, -0.2) is 0 Å². The smallest absolute Gasteiger partial charge is 0.262 e. The van der Waals surface area contributed by atoms with Crippen LogP contribution >= 0.6 is 0 Å². The van der Waals surface area contributed by atoms with Crippen LogP contribution in [0.25, 0.3) is 0 Å². The molecule has 2 amide bonds. The van der Waals surface area contributed by atoms with E-state index in [9.17, 15) is 9.59 Å². The van der Waals surface area contributed by atoms with Gasteiger partial charge in [-0.1, -0.05) is 24.3 Å². The first kappa shape index (κ1) is 19.3. The van der Waals surface area contributed by atoms with Crippen LogP contribution in [0, 0.1) is 0 Å². The summed E-state index contributed by atoms with van der Waals surface area (Å²) < 4.78 is 10.6.